The molecule has 0 aliphatic rings. The SMILES string of the molecule is c1ccc(-c2ccc(-c3nc(-c4ccccc4)nc(-c4cccc5c4oc4cccc(-c6ccc(-c7ccccc7)cc6)c45)n3)cc2)cc1. The quantitative estimate of drug-likeness (QED) is 0.184. The fraction of sp³-hybridized carbons (Fsp3) is 0. The molecule has 0 saturated carbocycles. The van der Waals surface area contributed by atoms with Crippen LogP contribution >= 0.6 is 0 Å². The molecule has 9 rings (SSSR count). The van der Waals surface area contributed by atoms with Crippen LogP contribution in [0.25, 0.3) is 89.5 Å². The number of benzene rings is 7. The van der Waals surface area contributed by atoms with Crippen LogP contribution in [0.5, 0.6) is 0 Å². The van der Waals surface area contributed by atoms with E-state index in [2.05, 4.69) is 121 Å². The first-order valence-electron chi connectivity index (χ1n) is 16.4. The van der Waals surface area contributed by atoms with Crippen LogP contribution in [0, 0.1) is 0 Å². The molecule has 0 N–H and O–H groups in total. The van der Waals surface area contributed by atoms with Gasteiger partial charge in [0.05, 0.1) is 5.56 Å². The topological polar surface area (TPSA) is 51.8 Å². The summed E-state index contributed by atoms with van der Waals surface area (Å²) in [6.45, 7) is 0. The van der Waals surface area contributed by atoms with Gasteiger partial charge in [0.1, 0.15) is 11.2 Å². The number of hydrogen-bond acceptors (Lipinski definition) is 4. The molecular formula is C45H29N3O. The van der Waals surface area contributed by atoms with E-state index >= 15 is 0 Å². The molecule has 0 bridgehead atoms. The van der Waals surface area contributed by atoms with E-state index in [-0.39, 0.29) is 0 Å². The number of aromatic nitrogens is 3. The van der Waals surface area contributed by atoms with E-state index in [1.807, 2.05) is 54.6 Å². The minimum atomic E-state index is 0.564. The lowest BCUT2D eigenvalue weighted by Gasteiger charge is -2.09. The summed E-state index contributed by atoms with van der Waals surface area (Å²) in [6, 6.07) is 60.4. The van der Waals surface area contributed by atoms with Gasteiger partial charge in [-0.3, -0.25) is 0 Å². The van der Waals surface area contributed by atoms with Crippen molar-refractivity contribution in [1.82, 2.24) is 15.0 Å². The molecule has 230 valence electrons. The molecule has 4 nitrogen and oxygen atoms in total. The van der Waals surface area contributed by atoms with Crippen molar-refractivity contribution in [2.75, 3.05) is 0 Å². The molecule has 2 aromatic heterocycles. The fourth-order valence-corrected chi connectivity index (χ4v) is 6.52. The van der Waals surface area contributed by atoms with E-state index < -0.39 is 0 Å². The Morgan fingerprint density at radius 3 is 1.33 bits per heavy atom. The maximum Gasteiger partial charge on any atom is 0.167 e. The molecule has 0 spiro atoms. The largest absolute Gasteiger partial charge is 0.455 e. The zero-order valence-electron chi connectivity index (χ0n) is 26.5. The van der Waals surface area contributed by atoms with Gasteiger partial charge in [0, 0.05) is 21.9 Å². The van der Waals surface area contributed by atoms with E-state index in [4.69, 9.17) is 19.4 Å². The number of fused-ring (bicyclic) bond motifs is 3. The third kappa shape index (κ3) is 5.35. The van der Waals surface area contributed by atoms with E-state index in [0.29, 0.717) is 17.5 Å². The summed E-state index contributed by atoms with van der Waals surface area (Å²) in [4.78, 5) is 15.0. The Hall–Kier alpha value is -6.65. The Kier molecular flexibility index (Phi) is 7.10. The zero-order chi connectivity index (χ0) is 32.6. The van der Waals surface area contributed by atoms with Gasteiger partial charge in [-0.25, -0.2) is 15.0 Å². The summed E-state index contributed by atoms with van der Waals surface area (Å²) in [6.07, 6.45) is 0. The molecule has 0 atom stereocenters. The van der Waals surface area contributed by atoms with Crippen molar-refractivity contribution in [3.05, 3.63) is 176 Å². The van der Waals surface area contributed by atoms with Crippen molar-refractivity contribution < 1.29 is 4.42 Å². The van der Waals surface area contributed by atoms with Crippen molar-refractivity contribution in [3.63, 3.8) is 0 Å². The zero-order valence-corrected chi connectivity index (χ0v) is 26.5. The van der Waals surface area contributed by atoms with Gasteiger partial charge in [0.2, 0.25) is 0 Å². The molecule has 0 fully saturated rings. The highest BCUT2D eigenvalue weighted by atomic mass is 16.3. The maximum absolute atomic E-state index is 6.65. The van der Waals surface area contributed by atoms with Crippen LogP contribution in [0.4, 0.5) is 0 Å². The molecule has 0 aliphatic carbocycles. The molecule has 49 heavy (non-hydrogen) atoms. The van der Waals surface area contributed by atoms with Crippen LogP contribution < -0.4 is 0 Å². The Labute approximate surface area is 284 Å². The summed E-state index contributed by atoms with van der Waals surface area (Å²) in [7, 11) is 0. The molecule has 0 radical (unpaired) electrons. The number of nitrogens with zero attached hydrogens (tertiary/aromatic N) is 3. The molecule has 4 heteroatoms. The molecule has 0 amide bonds. The lowest BCUT2D eigenvalue weighted by molar-refractivity contribution is 0.669. The molecule has 0 unspecified atom stereocenters. The Balaban J connectivity index is 1.18. The summed E-state index contributed by atoms with van der Waals surface area (Å²) in [5.41, 5.74) is 11.2. The standard InChI is InChI=1S/C45H29N3O/c1-4-12-30(13-5-1)32-22-26-34(27-23-32)37-18-11-21-40-41(37)38-19-10-20-39(42(38)49-40)45-47-43(35-16-8-3-9-17-35)46-44(48-45)36-28-24-33(25-29-36)31-14-6-2-7-15-31/h1-29H. The first kappa shape index (κ1) is 28.6. The smallest absolute Gasteiger partial charge is 0.167 e. The first-order valence-corrected chi connectivity index (χ1v) is 16.4. The average molecular weight is 628 g/mol. The number of hydrogen-bond donors (Lipinski definition) is 0. The Bertz CT molecular complexity index is 2560. The predicted octanol–water partition coefficient (Wildman–Crippen LogP) is 11.8. The highest BCUT2D eigenvalue weighted by Crippen LogP contribution is 2.40. The van der Waals surface area contributed by atoms with Gasteiger partial charge in [-0.2, -0.15) is 0 Å². The van der Waals surface area contributed by atoms with Gasteiger partial charge in [-0.15, -0.1) is 0 Å². The molecule has 7 aromatic carbocycles. The summed E-state index contributed by atoms with van der Waals surface area (Å²) >= 11 is 0. The van der Waals surface area contributed by atoms with Crippen molar-refractivity contribution >= 4 is 21.9 Å². The lowest BCUT2D eigenvalue weighted by atomic mass is 9.96. The molecule has 0 saturated heterocycles. The van der Waals surface area contributed by atoms with Gasteiger partial charge in [-0.1, -0.05) is 164 Å². The van der Waals surface area contributed by atoms with Crippen LogP contribution in [-0.4, -0.2) is 15.0 Å². The second-order valence-electron chi connectivity index (χ2n) is 12.0. The average Bonchev–Trinajstić information content (AvgIpc) is 3.58. The first-order chi connectivity index (χ1) is 24.3. The molecule has 0 aliphatic heterocycles. The number of rotatable bonds is 6. The maximum atomic E-state index is 6.65. The second-order valence-corrected chi connectivity index (χ2v) is 12.0. The summed E-state index contributed by atoms with van der Waals surface area (Å²) < 4.78 is 6.65. The van der Waals surface area contributed by atoms with Crippen LogP contribution in [0.15, 0.2) is 180 Å². The highest BCUT2D eigenvalue weighted by Gasteiger charge is 2.19. The van der Waals surface area contributed by atoms with Crippen molar-refractivity contribution in [1.29, 1.82) is 0 Å². The van der Waals surface area contributed by atoms with E-state index in [9.17, 15) is 0 Å². The Morgan fingerprint density at radius 1 is 0.306 bits per heavy atom. The minimum absolute atomic E-state index is 0.564. The molecule has 2 heterocycles. The number of para-hydroxylation sites is 1. The predicted molar refractivity (Wildman–Crippen MR) is 200 cm³/mol. The molecular weight excluding hydrogens is 599 g/mol. The van der Waals surface area contributed by atoms with Crippen molar-refractivity contribution in [3.8, 4) is 67.5 Å². The van der Waals surface area contributed by atoms with E-state index in [1.54, 1.807) is 0 Å². The summed E-state index contributed by atoms with van der Waals surface area (Å²) in [5, 5.41) is 2.09. The van der Waals surface area contributed by atoms with Crippen molar-refractivity contribution in [2.45, 2.75) is 0 Å². The van der Waals surface area contributed by atoms with Gasteiger partial charge < -0.3 is 4.42 Å². The summed E-state index contributed by atoms with van der Waals surface area (Å²) in [5.74, 6) is 1.78. The van der Waals surface area contributed by atoms with Crippen LogP contribution in [0.1, 0.15) is 0 Å². The van der Waals surface area contributed by atoms with Crippen LogP contribution in [0.2, 0.25) is 0 Å². The Morgan fingerprint density at radius 2 is 0.735 bits per heavy atom. The third-order valence-electron chi connectivity index (χ3n) is 8.98. The van der Waals surface area contributed by atoms with Gasteiger partial charge in [0.15, 0.2) is 17.5 Å². The van der Waals surface area contributed by atoms with Crippen LogP contribution in [-0.2, 0) is 0 Å². The van der Waals surface area contributed by atoms with Gasteiger partial charge >= 0.3 is 0 Å². The molecule has 9 aromatic rings. The monoisotopic (exact) mass is 627 g/mol. The van der Waals surface area contributed by atoms with Crippen LogP contribution in [0.3, 0.4) is 0 Å². The highest BCUT2D eigenvalue weighted by molar-refractivity contribution is 6.15. The third-order valence-corrected chi connectivity index (χ3v) is 8.98. The van der Waals surface area contributed by atoms with E-state index in [0.717, 1.165) is 55.3 Å². The van der Waals surface area contributed by atoms with E-state index in [1.165, 1.54) is 16.7 Å². The van der Waals surface area contributed by atoms with Gasteiger partial charge in [-0.05, 0) is 45.5 Å². The fourth-order valence-electron chi connectivity index (χ4n) is 6.52. The van der Waals surface area contributed by atoms with Crippen molar-refractivity contribution in [2.24, 2.45) is 0 Å². The number of furan rings is 1. The van der Waals surface area contributed by atoms with Gasteiger partial charge in [0.25, 0.3) is 0 Å². The normalized spacial score (nSPS) is 11.3. The second kappa shape index (κ2) is 12.2. The minimum Gasteiger partial charge on any atom is -0.455 e. The lowest BCUT2D eigenvalue weighted by Crippen LogP contribution is -2.00.